The van der Waals surface area contributed by atoms with E-state index in [0.29, 0.717) is 5.02 Å². The second-order valence-electron chi connectivity index (χ2n) is 4.24. The van der Waals surface area contributed by atoms with Crippen LogP contribution in [-0.4, -0.2) is 23.0 Å². The Kier molecular flexibility index (Phi) is 5.39. The number of methoxy groups -OCH3 is 1. The maximum Gasteiger partial charge on any atom is 0.0905 e. The molecule has 0 aromatic carbocycles. The minimum absolute atomic E-state index is 0.0355. The highest BCUT2D eigenvalue weighted by Gasteiger charge is 2.27. The average molecular weight is 261 g/mol. The molecule has 3 N–H and O–H groups in total. The van der Waals surface area contributed by atoms with E-state index in [1.54, 1.807) is 13.3 Å². The number of halogens is 1. The second kappa shape index (κ2) is 6.35. The minimum atomic E-state index is -0.164. The highest BCUT2D eigenvalue weighted by atomic mass is 35.5. The molecule has 0 fully saturated rings. The standard InChI is InChI=1S/C11H21ClN4O/c1-5-9(17-4)10(15-13)11-8(12)6-14-16(11)7(2)3/h6-7,9-10,15H,5,13H2,1-4H3. The van der Waals surface area contributed by atoms with Gasteiger partial charge in [-0.05, 0) is 20.3 Å². The van der Waals surface area contributed by atoms with E-state index in [1.165, 1.54) is 0 Å². The van der Waals surface area contributed by atoms with Crippen LogP contribution in [0.4, 0.5) is 0 Å². The van der Waals surface area contributed by atoms with Gasteiger partial charge in [0, 0.05) is 13.2 Å². The lowest BCUT2D eigenvalue weighted by Gasteiger charge is -2.26. The van der Waals surface area contributed by atoms with Crippen molar-refractivity contribution in [2.75, 3.05) is 7.11 Å². The zero-order chi connectivity index (χ0) is 13.0. The molecule has 2 unspecified atom stereocenters. The molecule has 1 rings (SSSR count). The molecule has 2 atom stereocenters. The lowest BCUT2D eigenvalue weighted by molar-refractivity contribution is 0.0618. The summed E-state index contributed by atoms with van der Waals surface area (Å²) in [7, 11) is 1.67. The van der Waals surface area contributed by atoms with Crippen molar-refractivity contribution < 1.29 is 4.74 Å². The van der Waals surface area contributed by atoms with Gasteiger partial charge < -0.3 is 4.74 Å². The summed E-state index contributed by atoms with van der Waals surface area (Å²) in [4.78, 5) is 0. The Morgan fingerprint density at radius 2 is 2.24 bits per heavy atom. The van der Waals surface area contributed by atoms with Crippen LogP contribution in [0.25, 0.3) is 0 Å². The molecule has 0 spiro atoms. The zero-order valence-corrected chi connectivity index (χ0v) is 11.5. The molecule has 1 aromatic heterocycles. The first-order chi connectivity index (χ1) is 8.06. The van der Waals surface area contributed by atoms with Gasteiger partial charge in [-0.3, -0.25) is 10.5 Å². The first kappa shape index (κ1) is 14.4. The van der Waals surface area contributed by atoms with Crippen molar-refractivity contribution in [2.45, 2.75) is 45.4 Å². The number of aromatic nitrogens is 2. The van der Waals surface area contributed by atoms with E-state index in [9.17, 15) is 0 Å². The lowest BCUT2D eigenvalue weighted by atomic mass is 10.1. The fourth-order valence-corrected chi connectivity index (χ4v) is 2.20. The monoisotopic (exact) mass is 260 g/mol. The number of ether oxygens (including phenoxy) is 1. The van der Waals surface area contributed by atoms with E-state index in [2.05, 4.69) is 10.5 Å². The number of hydrazine groups is 1. The van der Waals surface area contributed by atoms with Gasteiger partial charge >= 0.3 is 0 Å². The van der Waals surface area contributed by atoms with Crippen molar-refractivity contribution in [2.24, 2.45) is 5.84 Å². The van der Waals surface area contributed by atoms with E-state index < -0.39 is 0 Å². The summed E-state index contributed by atoms with van der Waals surface area (Å²) in [5.74, 6) is 5.62. The number of nitrogens with one attached hydrogen (secondary N) is 1. The molecule has 98 valence electrons. The largest absolute Gasteiger partial charge is 0.379 e. The van der Waals surface area contributed by atoms with Crippen molar-refractivity contribution in [1.29, 1.82) is 0 Å². The number of rotatable bonds is 6. The van der Waals surface area contributed by atoms with E-state index in [4.69, 9.17) is 22.2 Å². The van der Waals surface area contributed by atoms with E-state index >= 15 is 0 Å². The molecule has 1 aromatic rings. The SMILES string of the molecule is CCC(OC)C(NN)c1c(Cl)cnn1C(C)C. The lowest BCUT2D eigenvalue weighted by Crippen LogP contribution is -2.39. The Labute approximate surface area is 107 Å². The molecule has 1 heterocycles. The summed E-state index contributed by atoms with van der Waals surface area (Å²) in [6, 6.07) is 0.0603. The van der Waals surface area contributed by atoms with Gasteiger partial charge in [0.25, 0.3) is 0 Å². The van der Waals surface area contributed by atoms with Crippen LogP contribution in [-0.2, 0) is 4.74 Å². The second-order valence-corrected chi connectivity index (χ2v) is 4.65. The van der Waals surface area contributed by atoms with Crippen molar-refractivity contribution in [3.8, 4) is 0 Å². The van der Waals surface area contributed by atoms with Gasteiger partial charge in [-0.25, -0.2) is 5.43 Å². The molecule has 17 heavy (non-hydrogen) atoms. The van der Waals surface area contributed by atoms with Crippen LogP contribution in [0.1, 0.15) is 45.0 Å². The normalized spacial score (nSPS) is 15.2. The van der Waals surface area contributed by atoms with Crippen molar-refractivity contribution in [3.63, 3.8) is 0 Å². The zero-order valence-electron chi connectivity index (χ0n) is 10.8. The van der Waals surface area contributed by atoms with Gasteiger partial charge in [0.05, 0.1) is 29.1 Å². The number of nitrogens with two attached hydrogens (primary N) is 1. The van der Waals surface area contributed by atoms with Crippen LogP contribution < -0.4 is 11.3 Å². The summed E-state index contributed by atoms with van der Waals surface area (Å²) < 4.78 is 7.29. The third kappa shape index (κ3) is 2.98. The topological polar surface area (TPSA) is 65.1 Å². The van der Waals surface area contributed by atoms with Crippen LogP contribution in [0, 0.1) is 0 Å². The van der Waals surface area contributed by atoms with E-state index in [0.717, 1.165) is 12.1 Å². The molecule has 0 saturated heterocycles. The third-order valence-electron chi connectivity index (χ3n) is 2.83. The molecular formula is C11H21ClN4O. The van der Waals surface area contributed by atoms with E-state index in [-0.39, 0.29) is 18.2 Å². The molecule has 6 heteroatoms. The van der Waals surface area contributed by atoms with Crippen molar-refractivity contribution in [1.82, 2.24) is 15.2 Å². The van der Waals surface area contributed by atoms with Gasteiger partial charge in [0.15, 0.2) is 0 Å². The van der Waals surface area contributed by atoms with Gasteiger partial charge in [-0.1, -0.05) is 18.5 Å². The Morgan fingerprint density at radius 3 is 2.65 bits per heavy atom. The summed E-state index contributed by atoms with van der Waals surface area (Å²) in [5.41, 5.74) is 3.65. The number of hydrogen-bond donors (Lipinski definition) is 2. The minimum Gasteiger partial charge on any atom is -0.379 e. The Hall–Kier alpha value is -0.620. The Bertz CT molecular complexity index is 349. The van der Waals surface area contributed by atoms with Crippen LogP contribution in [0.2, 0.25) is 5.02 Å². The van der Waals surface area contributed by atoms with Crippen LogP contribution >= 0.6 is 11.6 Å². The first-order valence-electron chi connectivity index (χ1n) is 5.78. The molecule has 0 aliphatic carbocycles. The summed E-state index contributed by atoms with van der Waals surface area (Å²) in [5, 5.41) is 4.88. The van der Waals surface area contributed by atoms with Crippen molar-refractivity contribution >= 4 is 11.6 Å². The summed E-state index contributed by atoms with van der Waals surface area (Å²) in [6.45, 7) is 6.14. The molecule has 0 aliphatic rings. The predicted molar refractivity (Wildman–Crippen MR) is 68.8 cm³/mol. The first-order valence-corrected chi connectivity index (χ1v) is 6.16. The van der Waals surface area contributed by atoms with Crippen LogP contribution in [0.5, 0.6) is 0 Å². The van der Waals surface area contributed by atoms with Gasteiger partial charge in [0.2, 0.25) is 0 Å². The highest BCUT2D eigenvalue weighted by Crippen LogP contribution is 2.29. The molecule has 0 aliphatic heterocycles. The van der Waals surface area contributed by atoms with Crippen molar-refractivity contribution in [3.05, 3.63) is 16.9 Å². The highest BCUT2D eigenvalue weighted by molar-refractivity contribution is 6.31. The average Bonchev–Trinajstić information content (AvgIpc) is 2.68. The van der Waals surface area contributed by atoms with Gasteiger partial charge in [-0.15, -0.1) is 0 Å². The Morgan fingerprint density at radius 1 is 1.59 bits per heavy atom. The molecule has 0 saturated carbocycles. The Balaban J connectivity index is 3.14. The quantitative estimate of drug-likeness (QED) is 0.607. The van der Waals surface area contributed by atoms with Gasteiger partial charge in [-0.2, -0.15) is 5.10 Å². The number of nitrogens with zero attached hydrogens (tertiary/aromatic N) is 2. The third-order valence-corrected chi connectivity index (χ3v) is 3.12. The van der Waals surface area contributed by atoms with Gasteiger partial charge in [0.1, 0.15) is 0 Å². The van der Waals surface area contributed by atoms with Crippen LogP contribution in [0.15, 0.2) is 6.20 Å². The smallest absolute Gasteiger partial charge is 0.0905 e. The number of hydrogen-bond acceptors (Lipinski definition) is 4. The maximum absolute atomic E-state index is 6.19. The molecule has 0 amide bonds. The van der Waals surface area contributed by atoms with Crippen LogP contribution in [0.3, 0.4) is 0 Å². The fourth-order valence-electron chi connectivity index (χ4n) is 1.95. The summed E-state index contributed by atoms with van der Waals surface area (Å²) >= 11 is 6.19. The fraction of sp³-hybridized carbons (Fsp3) is 0.727. The predicted octanol–water partition coefficient (Wildman–Crippen LogP) is 2.05. The molecule has 5 nitrogen and oxygen atoms in total. The van der Waals surface area contributed by atoms with E-state index in [1.807, 2.05) is 25.5 Å². The molecule has 0 bridgehead atoms. The molecule has 0 radical (unpaired) electrons. The maximum atomic E-state index is 6.19. The molecular weight excluding hydrogens is 240 g/mol. The summed E-state index contributed by atoms with van der Waals surface area (Å²) in [6.07, 6.45) is 2.45.